The predicted octanol–water partition coefficient (Wildman–Crippen LogP) is 24.9. The molecule has 0 saturated carbocycles. The van der Waals surface area contributed by atoms with Gasteiger partial charge in [-0.25, -0.2) is 33.2 Å². The summed E-state index contributed by atoms with van der Waals surface area (Å²) in [6, 6.07) is 67.4. The molecule has 0 aromatic heterocycles. The van der Waals surface area contributed by atoms with E-state index in [-0.39, 0.29) is 36.8 Å². The largest absolute Gasteiger partial charge is 0.489 e. The maximum absolute atomic E-state index is 13.4. The van der Waals surface area contributed by atoms with Gasteiger partial charge in [-0.3, -0.25) is 0 Å². The van der Waals surface area contributed by atoms with Crippen LogP contribution in [0, 0.1) is 99.4 Å². The van der Waals surface area contributed by atoms with E-state index < -0.39 is 11.8 Å². The molecule has 12 aromatic rings. The Morgan fingerprint density at radius 3 is 0.835 bits per heavy atom. The summed E-state index contributed by atoms with van der Waals surface area (Å²) in [6.45, 7) is 32.3. The molecule has 0 bridgehead atoms. The quantitative estimate of drug-likeness (QED) is 0.0238. The molecule has 12 N–H and O–H groups in total. The molecule has 0 heterocycles. The molecular formula is C105H120BrClFIN12O12. The van der Waals surface area contributed by atoms with E-state index in [9.17, 15) is 33.2 Å². The van der Waals surface area contributed by atoms with Gasteiger partial charge in [0.25, 0.3) is 0 Å². The van der Waals surface area contributed by atoms with Crippen LogP contribution >= 0.6 is 50.1 Å². The highest BCUT2D eigenvalue weighted by Gasteiger charge is 2.17. The van der Waals surface area contributed by atoms with Crippen LogP contribution in [0.1, 0.15) is 111 Å². The topological polar surface area (TPSA) is 302 Å². The predicted molar refractivity (Wildman–Crippen MR) is 549 cm³/mol. The van der Waals surface area contributed by atoms with E-state index in [0.717, 1.165) is 137 Å². The van der Waals surface area contributed by atoms with Crippen LogP contribution in [0.2, 0.25) is 5.02 Å². The van der Waals surface area contributed by atoms with Gasteiger partial charge in [0.05, 0.1) is 22.7 Å². The van der Waals surface area contributed by atoms with Crippen LogP contribution < -0.4 is 92.2 Å². The highest BCUT2D eigenvalue weighted by atomic mass is 127. The van der Waals surface area contributed by atoms with Crippen molar-refractivity contribution in [1.82, 2.24) is 31.9 Å². The van der Waals surface area contributed by atoms with Crippen molar-refractivity contribution in [3.8, 4) is 34.5 Å². The lowest BCUT2D eigenvalue weighted by atomic mass is 10.1. The summed E-state index contributed by atoms with van der Waals surface area (Å²) < 4.78 is 50.5. The number of carbonyl (C=O) groups excluding carboxylic acids is 6. The van der Waals surface area contributed by atoms with E-state index >= 15 is 0 Å². The van der Waals surface area contributed by atoms with E-state index in [1.165, 1.54) is 47.0 Å². The van der Waals surface area contributed by atoms with Gasteiger partial charge in [0.2, 0.25) is 0 Å². The smallest absolute Gasteiger partial charge is 0.318 e. The van der Waals surface area contributed by atoms with Crippen LogP contribution in [-0.2, 0) is 39.6 Å². The fourth-order valence-corrected chi connectivity index (χ4v) is 13.9. The van der Waals surface area contributed by atoms with Gasteiger partial charge >= 0.3 is 36.2 Å². The Labute approximate surface area is 807 Å². The second-order valence-corrected chi connectivity index (χ2v) is 33.7. The second kappa shape index (κ2) is 54.1. The molecule has 0 aliphatic rings. The minimum Gasteiger partial charge on any atom is -0.489 e. The molecule has 12 amide bonds. The number of anilines is 6. The van der Waals surface area contributed by atoms with Crippen molar-refractivity contribution in [2.45, 2.75) is 130 Å². The number of halogens is 4. The first-order valence-electron chi connectivity index (χ1n) is 42.6. The molecule has 0 saturated heterocycles. The molecule has 0 atom stereocenters. The van der Waals surface area contributed by atoms with Crippen LogP contribution in [-0.4, -0.2) is 78.5 Å². The number of hydrogen-bond donors (Lipinski definition) is 12. The molecule has 0 radical (unpaired) electrons. The molecule has 12 aromatic carbocycles. The average Bonchev–Trinajstić information content (AvgIpc) is 0.879. The second-order valence-electron chi connectivity index (χ2n) is 31.1. The number of hydrogen-bond acceptors (Lipinski definition) is 12. The van der Waals surface area contributed by atoms with E-state index in [0.29, 0.717) is 60.7 Å². The van der Waals surface area contributed by atoms with Crippen LogP contribution in [0.5, 0.6) is 34.5 Å². The first kappa shape index (κ1) is 106. The van der Waals surface area contributed by atoms with Gasteiger partial charge in [0, 0.05) is 100 Å². The van der Waals surface area contributed by atoms with Gasteiger partial charge in [-0.05, 0) is 254 Å². The summed E-state index contributed by atoms with van der Waals surface area (Å²) in [5.41, 5.74) is 24.9. The van der Waals surface area contributed by atoms with Crippen molar-refractivity contribution in [2.75, 3.05) is 74.2 Å². The van der Waals surface area contributed by atoms with Gasteiger partial charge in [0.1, 0.15) is 80.0 Å². The van der Waals surface area contributed by atoms with Crippen LogP contribution in [0.3, 0.4) is 0 Å². The van der Waals surface area contributed by atoms with E-state index in [4.69, 9.17) is 40.0 Å². The van der Waals surface area contributed by atoms with Crippen molar-refractivity contribution < 1.29 is 61.6 Å². The Kier molecular flexibility index (Phi) is 43.3. The third-order valence-electron chi connectivity index (χ3n) is 20.1. The van der Waals surface area contributed by atoms with Crippen LogP contribution in [0.4, 0.5) is 67.3 Å². The van der Waals surface area contributed by atoms with Crippen LogP contribution in [0.15, 0.2) is 229 Å². The Hall–Kier alpha value is -13.8. The average molecular weight is 2000 g/mol. The maximum atomic E-state index is 13.4. The fraction of sp³-hybridized carbons (Fsp3) is 0.238. The standard InChI is InChI=1S/C19H22N2O2.C18H22N2O2.C17H19BrN2O2.C17H19ClN2O2.C17H19FN2O2.C17H19IN2O2/c1-5-15-7-8-16(17(11-15)21-19(22)20-4)12-23-18-9-6-13(2)10-14(18)3;1-12-6-8-17(14(3)9-12)22-11-15-7-5-13(2)10-16(15)20-18(21)19-4;4*1-11-4-7-16(12(2)8-11)22-10-13-5-6-14(18)9-15(13)20-17(21)19-3/h5-11H,1,12H2,2-4H3,(H2,20,21,22);5-10H,11H2,1-4H3,(H2,19,20,21);4*4-9H,10H2,1-3H3,(H2,19,20,21). The molecule has 12 rings (SSSR count). The zero-order chi connectivity index (χ0) is 97.4. The minimum atomic E-state index is -0.415. The third kappa shape index (κ3) is 36.1. The molecule has 0 fully saturated rings. The summed E-state index contributed by atoms with van der Waals surface area (Å²) in [5, 5.41) is 32.3. The number of carbonyl (C=O) groups is 6. The van der Waals surface area contributed by atoms with E-state index in [2.05, 4.69) is 167 Å². The summed E-state index contributed by atoms with van der Waals surface area (Å²) >= 11 is 11.6. The fourth-order valence-electron chi connectivity index (χ4n) is 12.9. The minimum absolute atomic E-state index is 0.238. The van der Waals surface area contributed by atoms with Gasteiger partial charge in [-0.15, -0.1) is 0 Å². The summed E-state index contributed by atoms with van der Waals surface area (Å²) in [6.07, 6.45) is 1.74. The maximum Gasteiger partial charge on any atom is 0.318 e. The molecule has 133 heavy (non-hydrogen) atoms. The zero-order valence-electron chi connectivity index (χ0n) is 78.7. The molecule has 24 nitrogen and oxygen atoms in total. The molecule has 0 spiro atoms. The van der Waals surface area contributed by atoms with Crippen LogP contribution in [0.25, 0.3) is 6.08 Å². The number of aryl methyl sites for hydroxylation is 13. The van der Waals surface area contributed by atoms with Gasteiger partial charge in [0.15, 0.2) is 0 Å². The summed E-state index contributed by atoms with van der Waals surface area (Å²) in [7, 11) is 9.41. The lowest BCUT2D eigenvalue weighted by Crippen LogP contribution is -2.25. The number of benzene rings is 12. The summed E-state index contributed by atoms with van der Waals surface area (Å²) in [5.74, 6) is 4.58. The lowest BCUT2D eigenvalue weighted by molar-refractivity contribution is 0.253. The molecule has 0 unspecified atom stereocenters. The highest BCUT2D eigenvalue weighted by molar-refractivity contribution is 14.1. The van der Waals surface area contributed by atoms with Crippen molar-refractivity contribution in [3.05, 3.63) is 355 Å². The van der Waals surface area contributed by atoms with Crippen molar-refractivity contribution >= 4 is 127 Å². The van der Waals surface area contributed by atoms with Gasteiger partial charge < -0.3 is 92.2 Å². The number of rotatable bonds is 25. The summed E-state index contributed by atoms with van der Waals surface area (Å²) in [4.78, 5) is 69.2. The van der Waals surface area contributed by atoms with Gasteiger partial charge in [-0.2, -0.15) is 0 Å². The molecule has 0 aliphatic carbocycles. The van der Waals surface area contributed by atoms with Crippen molar-refractivity contribution in [3.63, 3.8) is 0 Å². The Bertz CT molecular complexity index is 5330. The Morgan fingerprint density at radius 2 is 0.534 bits per heavy atom. The van der Waals surface area contributed by atoms with E-state index in [1.807, 2.05) is 220 Å². The monoisotopic (exact) mass is 2000 g/mol. The highest BCUT2D eigenvalue weighted by Crippen LogP contribution is 2.33. The first-order chi connectivity index (χ1) is 63.5. The number of amides is 12. The van der Waals surface area contributed by atoms with Gasteiger partial charge in [-0.1, -0.05) is 195 Å². The molecule has 700 valence electrons. The number of ether oxygens (including phenoxy) is 6. The SMILES string of the molecule is C=Cc1ccc(COc2ccc(C)cc2C)c(NC(=O)NC)c1.CNC(=O)Nc1cc(Br)ccc1COc1ccc(C)cc1C.CNC(=O)Nc1cc(C)ccc1COc1ccc(C)cc1C.CNC(=O)Nc1cc(Cl)ccc1COc1ccc(C)cc1C.CNC(=O)Nc1cc(F)ccc1COc1ccc(C)cc1C.CNC(=O)Nc1cc(I)ccc1COc1ccc(C)cc1C. The molecule has 0 aliphatic heterocycles. The van der Waals surface area contributed by atoms with E-state index in [1.54, 1.807) is 59.5 Å². The number of urea groups is 6. The Morgan fingerprint density at radius 1 is 0.301 bits per heavy atom. The first-order valence-corrected chi connectivity index (χ1v) is 44.9. The Balaban J connectivity index is 0.000000218. The third-order valence-corrected chi connectivity index (χ3v) is 21.5. The normalized spacial score (nSPS) is 10.2. The molecule has 28 heteroatoms. The lowest BCUT2D eigenvalue weighted by Gasteiger charge is -2.14. The zero-order valence-corrected chi connectivity index (χ0v) is 83.2. The number of nitrogens with one attached hydrogen (secondary N) is 12. The van der Waals surface area contributed by atoms with Crippen molar-refractivity contribution in [2.24, 2.45) is 0 Å². The molecular weight excluding hydrogens is 1880 g/mol. The van der Waals surface area contributed by atoms with Crippen molar-refractivity contribution in [1.29, 1.82) is 0 Å².